The fourth-order valence-electron chi connectivity index (χ4n) is 4.04. The van der Waals surface area contributed by atoms with Crippen molar-refractivity contribution in [2.45, 2.75) is 25.7 Å². The molecule has 0 bridgehead atoms. The van der Waals surface area contributed by atoms with Gasteiger partial charge in [-0.3, -0.25) is 14.6 Å². The minimum absolute atomic E-state index is 0.0675. The first-order valence-corrected chi connectivity index (χ1v) is 8.94. The molecule has 0 spiro atoms. The topological polar surface area (TPSA) is 45.6 Å². The van der Waals surface area contributed by atoms with Gasteiger partial charge in [-0.05, 0) is 48.4 Å². The molecule has 1 aromatic heterocycles. The van der Waals surface area contributed by atoms with Crippen LogP contribution in [0.4, 0.5) is 0 Å². The third-order valence-corrected chi connectivity index (χ3v) is 5.32. The van der Waals surface area contributed by atoms with Crippen LogP contribution in [0.25, 0.3) is 0 Å². The molecule has 1 fully saturated rings. The molecule has 0 saturated carbocycles. The second-order valence-corrected chi connectivity index (χ2v) is 7.05. The molecule has 130 valence electrons. The van der Waals surface area contributed by atoms with Crippen molar-refractivity contribution < 1.29 is 9.59 Å². The SMILES string of the molecule is Cn1cccc1C(=O)N1CCCN1C(=O)CC1Cc2ccccc2C1. The average molecular weight is 337 g/mol. The van der Waals surface area contributed by atoms with E-state index < -0.39 is 0 Å². The van der Waals surface area contributed by atoms with Gasteiger partial charge in [0.2, 0.25) is 5.91 Å². The van der Waals surface area contributed by atoms with Gasteiger partial charge in [0.1, 0.15) is 5.69 Å². The zero-order valence-electron chi connectivity index (χ0n) is 14.5. The zero-order valence-corrected chi connectivity index (χ0v) is 14.5. The largest absolute Gasteiger partial charge is 0.347 e. The Morgan fingerprint density at radius 2 is 1.68 bits per heavy atom. The smallest absolute Gasteiger partial charge is 0.289 e. The number of benzene rings is 1. The van der Waals surface area contributed by atoms with Crippen molar-refractivity contribution in [3.05, 3.63) is 59.4 Å². The van der Waals surface area contributed by atoms with Crippen molar-refractivity contribution in [2.75, 3.05) is 13.1 Å². The van der Waals surface area contributed by atoms with E-state index in [9.17, 15) is 9.59 Å². The number of carbonyl (C=O) groups excluding carboxylic acids is 2. The van der Waals surface area contributed by atoms with Gasteiger partial charge in [0.25, 0.3) is 5.91 Å². The Morgan fingerprint density at radius 3 is 2.32 bits per heavy atom. The second kappa shape index (κ2) is 6.39. The van der Waals surface area contributed by atoms with Crippen molar-refractivity contribution >= 4 is 11.8 Å². The minimum Gasteiger partial charge on any atom is -0.347 e. The van der Waals surface area contributed by atoms with Crippen LogP contribution in [0.15, 0.2) is 42.6 Å². The van der Waals surface area contributed by atoms with Crippen molar-refractivity contribution in [2.24, 2.45) is 13.0 Å². The van der Waals surface area contributed by atoms with E-state index in [0.717, 1.165) is 19.3 Å². The van der Waals surface area contributed by atoms with E-state index in [1.807, 2.05) is 19.3 Å². The molecule has 2 aromatic rings. The van der Waals surface area contributed by atoms with E-state index in [4.69, 9.17) is 0 Å². The van der Waals surface area contributed by atoms with Gasteiger partial charge in [0.05, 0.1) is 0 Å². The lowest BCUT2D eigenvalue weighted by Gasteiger charge is -2.29. The van der Waals surface area contributed by atoms with Crippen LogP contribution in [-0.2, 0) is 24.7 Å². The highest BCUT2D eigenvalue weighted by Gasteiger charge is 2.34. The summed E-state index contributed by atoms with van der Waals surface area (Å²) < 4.78 is 1.80. The molecule has 2 aliphatic rings. The first-order chi connectivity index (χ1) is 12.1. The summed E-state index contributed by atoms with van der Waals surface area (Å²) in [5.74, 6) is 0.323. The maximum Gasteiger partial charge on any atom is 0.289 e. The fourth-order valence-corrected chi connectivity index (χ4v) is 4.04. The molecular formula is C20H23N3O2. The second-order valence-electron chi connectivity index (χ2n) is 7.05. The third kappa shape index (κ3) is 2.95. The van der Waals surface area contributed by atoms with Gasteiger partial charge in [0.15, 0.2) is 0 Å². The van der Waals surface area contributed by atoms with Crippen molar-refractivity contribution in [1.29, 1.82) is 0 Å². The zero-order chi connectivity index (χ0) is 17.4. The van der Waals surface area contributed by atoms with Crippen LogP contribution < -0.4 is 0 Å². The van der Waals surface area contributed by atoms with Gasteiger partial charge >= 0.3 is 0 Å². The van der Waals surface area contributed by atoms with E-state index >= 15 is 0 Å². The minimum atomic E-state index is -0.0898. The van der Waals surface area contributed by atoms with Crippen molar-refractivity contribution in [3.8, 4) is 0 Å². The Labute approximate surface area is 147 Å². The van der Waals surface area contributed by atoms with Crippen LogP contribution in [0.5, 0.6) is 0 Å². The third-order valence-electron chi connectivity index (χ3n) is 5.32. The number of carbonyl (C=O) groups is 2. The molecule has 25 heavy (non-hydrogen) atoms. The molecule has 1 aliphatic heterocycles. The van der Waals surface area contributed by atoms with Gasteiger partial charge in [-0.1, -0.05) is 24.3 Å². The number of hydrazine groups is 1. The number of nitrogens with zero attached hydrogens (tertiary/aromatic N) is 3. The normalized spacial score (nSPS) is 17.2. The summed E-state index contributed by atoms with van der Waals surface area (Å²) >= 11 is 0. The van der Waals surface area contributed by atoms with E-state index in [2.05, 4.69) is 24.3 Å². The predicted octanol–water partition coefficient (Wildman–Crippen LogP) is 2.42. The number of hydrogen-bond donors (Lipinski definition) is 0. The Morgan fingerprint density at radius 1 is 1.00 bits per heavy atom. The number of hydrogen-bond acceptors (Lipinski definition) is 2. The van der Waals surface area contributed by atoms with Crippen LogP contribution in [0.3, 0.4) is 0 Å². The molecule has 2 heterocycles. The maximum atomic E-state index is 12.8. The van der Waals surface area contributed by atoms with Crippen LogP contribution in [0.1, 0.15) is 34.5 Å². The van der Waals surface area contributed by atoms with Crippen LogP contribution in [-0.4, -0.2) is 39.5 Å². The first kappa shape index (κ1) is 15.9. The van der Waals surface area contributed by atoms with Gasteiger partial charge in [-0.2, -0.15) is 0 Å². The number of aryl methyl sites for hydroxylation is 1. The molecule has 0 atom stereocenters. The molecular weight excluding hydrogens is 314 g/mol. The van der Waals surface area contributed by atoms with Gasteiger partial charge in [0, 0.05) is 32.8 Å². The van der Waals surface area contributed by atoms with Gasteiger partial charge in [-0.15, -0.1) is 0 Å². The number of aromatic nitrogens is 1. The molecule has 1 aromatic carbocycles. The van der Waals surface area contributed by atoms with Crippen LogP contribution in [0.2, 0.25) is 0 Å². The Hall–Kier alpha value is -2.56. The molecule has 4 rings (SSSR count). The Balaban J connectivity index is 1.43. The van der Waals surface area contributed by atoms with Crippen molar-refractivity contribution in [1.82, 2.24) is 14.6 Å². The van der Waals surface area contributed by atoms with E-state index in [-0.39, 0.29) is 11.8 Å². The summed E-state index contributed by atoms with van der Waals surface area (Å²) in [6, 6.07) is 12.1. The molecule has 0 N–H and O–H groups in total. The summed E-state index contributed by atoms with van der Waals surface area (Å²) in [4.78, 5) is 25.6. The lowest BCUT2D eigenvalue weighted by Crippen LogP contribution is -2.45. The van der Waals surface area contributed by atoms with Crippen molar-refractivity contribution in [3.63, 3.8) is 0 Å². The lowest BCUT2D eigenvalue weighted by molar-refractivity contribution is -0.141. The maximum absolute atomic E-state index is 12.8. The predicted molar refractivity (Wildman–Crippen MR) is 94.7 cm³/mol. The lowest BCUT2D eigenvalue weighted by atomic mass is 10.0. The molecule has 1 saturated heterocycles. The summed E-state index contributed by atoms with van der Waals surface area (Å²) in [6.45, 7) is 1.25. The Kier molecular flexibility index (Phi) is 4.07. The highest BCUT2D eigenvalue weighted by atomic mass is 16.2. The molecule has 5 heteroatoms. The van der Waals surface area contributed by atoms with Crippen LogP contribution >= 0.6 is 0 Å². The van der Waals surface area contributed by atoms with E-state index in [1.54, 1.807) is 20.7 Å². The molecule has 0 radical (unpaired) electrons. The molecule has 5 nitrogen and oxygen atoms in total. The fraction of sp³-hybridized carbons (Fsp3) is 0.400. The van der Waals surface area contributed by atoms with Gasteiger partial charge in [-0.25, -0.2) is 5.01 Å². The first-order valence-electron chi connectivity index (χ1n) is 8.94. The summed E-state index contributed by atoms with van der Waals surface area (Å²) in [5, 5.41) is 3.29. The monoisotopic (exact) mass is 337 g/mol. The van der Waals surface area contributed by atoms with Crippen LogP contribution in [0, 0.1) is 5.92 Å². The summed E-state index contributed by atoms with van der Waals surface area (Å²) in [6.07, 6.45) is 5.12. The molecule has 0 unspecified atom stereocenters. The highest BCUT2D eigenvalue weighted by Crippen LogP contribution is 2.29. The molecule has 1 aliphatic carbocycles. The standard InChI is InChI=1S/C20H23N3O2/c1-21-9-4-8-18(21)20(25)23-11-5-10-22(23)19(24)14-15-12-16-6-2-3-7-17(16)13-15/h2-4,6-9,15H,5,10-14H2,1H3. The number of fused-ring (bicyclic) bond motifs is 1. The molecule has 2 amide bonds. The van der Waals surface area contributed by atoms with E-state index in [1.165, 1.54) is 11.1 Å². The van der Waals surface area contributed by atoms with E-state index in [0.29, 0.717) is 31.1 Å². The summed E-state index contributed by atoms with van der Waals surface area (Å²) in [5.41, 5.74) is 3.34. The Bertz CT molecular complexity index is 786. The quantitative estimate of drug-likeness (QED) is 0.863. The number of amides is 2. The summed E-state index contributed by atoms with van der Waals surface area (Å²) in [7, 11) is 1.85. The highest BCUT2D eigenvalue weighted by molar-refractivity contribution is 5.94. The average Bonchev–Trinajstić information content (AvgIpc) is 3.32. The van der Waals surface area contributed by atoms with Gasteiger partial charge < -0.3 is 4.57 Å². The number of rotatable bonds is 3.